The highest BCUT2D eigenvalue weighted by atomic mass is 19.4. The molecule has 6 nitrogen and oxygen atoms in total. The Hall–Kier alpha value is -2.84. The quantitative estimate of drug-likeness (QED) is 0.555. The van der Waals surface area contributed by atoms with Crippen LogP contribution in [0.3, 0.4) is 0 Å². The highest BCUT2D eigenvalue weighted by Gasteiger charge is 2.67. The van der Waals surface area contributed by atoms with Crippen LogP contribution in [0.2, 0.25) is 0 Å². The van der Waals surface area contributed by atoms with E-state index in [0.717, 1.165) is 11.3 Å². The SMILES string of the molecule is COc1ccc(N(CN2C(=O)[C@@H]3[C@H]4C=C[C@@H]([C@@H]5C[C@H]45)[C@@H]3C2=O)C(=O)C(F)(F)F)cc1. The molecule has 2 bridgehead atoms. The van der Waals surface area contributed by atoms with Gasteiger partial charge < -0.3 is 4.74 Å². The number of halogens is 3. The second-order valence-corrected chi connectivity index (χ2v) is 8.33. The lowest BCUT2D eigenvalue weighted by Crippen LogP contribution is -2.49. The number of ether oxygens (including phenoxy) is 1. The fourth-order valence-corrected chi connectivity index (χ4v) is 5.48. The summed E-state index contributed by atoms with van der Waals surface area (Å²) in [6, 6.07) is 5.41. The number of anilines is 1. The smallest absolute Gasteiger partial charge is 0.471 e. The van der Waals surface area contributed by atoms with Crippen LogP contribution in [0.5, 0.6) is 5.75 Å². The molecule has 1 aliphatic heterocycles. The van der Waals surface area contributed by atoms with E-state index in [1.165, 1.54) is 31.4 Å². The summed E-state index contributed by atoms with van der Waals surface area (Å²) in [4.78, 5) is 39.6. The summed E-state index contributed by atoms with van der Waals surface area (Å²) in [5, 5.41) is 0. The van der Waals surface area contributed by atoms with Gasteiger partial charge in [-0.25, -0.2) is 0 Å². The molecule has 5 aliphatic rings. The van der Waals surface area contributed by atoms with Crippen molar-refractivity contribution in [3.63, 3.8) is 0 Å². The van der Waals surface area contributed by atoms with Crippen molar-refractivity contribution in [2.24, 2.45) is 35.5 Å². The minimum atomic E-state index is -5.15. The Morgan fingerprint density at radius 3 is 2.07 bits per heavy atom. The number of benzene rings is 1. The number of alkyl halides is 3. The van der Waals surface area contributed by atoms with E-state index >= 15 is 0 Å². The Kier molecular flexibility index (Phi) is 4.04. The largest absolute Gasteiger partial charge is 0.497 e. The fraction of sp³-hybridized carbons (Fsp3) is 0.476. The monoisotopic (exact) mass is 420 g/mol. The van der Waals surface area contributed by atoms with Crippen LogP contribution in [0.15, 0.2) is 36.4 Å². The molecule has 1 heterocycles. The standard InChI is InChI=1S/C21H19F3N2O4/c1-30-11-4-2-10(3-5-11)25(20(29)21(22,23)24)9-26-18(27)16-12-6-7-13(15-8-14(12)15)17(16)19(26)28/h2-7,12-17H,8-9H2,1H3/t12-,13-,14-,15+,16-,17+/m0/s1. The van der Waals surface area contributed by atoms with Crippen LogP contribution < -0.4 is 9.64 Å². The highest BCUT2D eigenvalue weighted by molar-refractivity contribution is 6.07. The molecule has 158 valence electrons. The first-order chi connectivity index (χ1) is 14.2. The van der Waals surface area contributed by atoms with Gasteiger partial charge in [0.25, 0.3) is 0 Å². The zero-order chi connectivity index (χ0) is 21.4. The predicted molar refractivity (Wildman–Crippen MR) is 98.0 cm³/mol. The van der Waals surface area contributed by atoms with Gasteiger partial charge in [0.15, 0.2) is 0 Å². The number of likely N-dealkylation sites (tertiary alicyclic amines) is 1. The average Bonchev–Trinajstić information content (AvgIpc) is 3.51. The van der Waals surface area contributed by atoms with Gasteiger partial charge in [-0.1, -0.05) is 12.2 Å². The van der Waals surface area contributed by atoms with E-state index in [1.54, 1.807) is 0 Å². The lowest BCUT2D eigenvalue weighted by atomic mass is 9.63. The third-order valence-corrected chi connectivity index (χ3v) is 6.91. The van der Waals surface area contributed by atoms with Crippen molar-refractivity contribution in [1.82, 2.24) is 4.90 Å². The molecule has 0 radical (unpaired) electrons. The molecule has 6 atom stereocenters. The summed E-state index contributed by atoms with van der Waals surface area (Å²) in [7, 11) is 1.41. The number of allylic oxidation sites excluding steroid dienone is 2. The third kappa shape index (κ3) is 2.67. The zero-order valence-electron chi connectivity index (χ0n) is 16.0. The molecule has 0 N–H and O–H groups in total. The normalized spacial score (nSPS) is 33.4. The number of methoxy groups -OCH3 is 1. The molecule has 1 aromatic rings. The maximum absolute atomic E-state index is 13.3. The molecule has 1 aromatic carbocycles. The number of hydrogen-bond donors (Lipinski definition) is 0. The number of imide groups is 1. The van der Waals surface area contributed by atoms with Crippen LogP contribution >= 0.6 is 0 Å². The second-order valence-electron chi connectivity index (χ2n) is 8.33. The van der Waals surface area contributed by atoms with E-state index in [0.29, 0.717) is 22.5 Å². The topological polar surface area (TPSA) is 66.9 Å². The number of carbonyl (C=O) groups is 3. The molecular formula is C21H19F3N2O4. The van der Waals surface area contributed by atoms with Crippen molar-refractivity contribution < 1.29 is 32.3 Å². The molecule has 2 saturated carbocycles. The molecule has 3 fully saturated rings. The van der Waals surface area contributed by atoms with Gasteiger partial charge in [-0.05, 0) is 54.4 Å². The van der Waals surface area contributed by atoms with Gasteiger partial charge in [-0.15, -0.1) is 0 Å². The van der Waals surface area contributed by atoms with Gasteiger partial charge in [0.2, 0.25) is 11.8 Å². The molecule has 3 amide bonds. The number of amides is 3. The molecule has 9 heteroatoms. The Morgan fingerprint density at radius 2 is 1.60 bits per heavy atom. The van der Waals surface area contributed by atoms with E-state index in [-0.39, 0.29) is 17.5 Å². The Labute approximate surface area is 170 Å². The summed E-state index contributed by atoms with van der Waals surface area (Å²) in [5.74, 6) is -3.08. The van der Waals surface area contributed by atoms with Crippen LogP contribution in [0.1, 0.15) is 6.42 Å². The number of hydrogen-bond acceptors (Lipinski definition) is 4. The third-order valence-electron chi connectivity index (χ3n) is 6.91. The Morgan fingerprint density at radius 1 is 1.07 bits per heavy atom. The van der Waals surface area contributed by atoms with Gasteiger partial charge in [-0.2, -0.15) is 13.2 Å². The van der Waals surface area contributed by atoms with E-state index in [1.807, 2.05) is 12.2 Å². The first-order valence-corrected chi connectivity index (χ1v) is 9.78. The Balaban J connectivity index is 1.45. The minimum Gasteiger partial charge on any atom is -0.497 e. The number of nitrogens with zero attached hydrogens (tertiary/aromatic N) is 2. The van der Waals surface area contributed by atoms with E-state index < -0.39 is 42.4 Å². The minimum absolute atomic E-state index is 0.0424. The number of rotatable bonds is 4. The summed E-state index contributed by atoms with van der Waals surface area (Å²) in [5.41, 5.74) is -0.0717. The lowest BCUT2D eigenvalue weighted by Gasteiger charge is -2.37. The first-order valence-electron chi connectivity index (χ1n) is 9.78. The predicted octanol–water partition coefficient (Wildman–Crippen LogP) is 2.60. The summed E-state index contributed by atoms with van der Waals surface area (Å²) in [6.45, 7) is -0.760. The summed E-state index contributed by atoms with van der Waals surface area (Å²) < 4.78 is 44.8. The van der Waals surface area contributed by atoms with Gasteiger partial charge in [-0.3, -0.25) is 24.2 Å². The maximum atomic E-state index is 13.3. The second kappa shape index (κ2) is 6.33. The van der Waals surface area contributed by atoms with E-state index in [2.05, 4.69) is 0 Å². The van der Waals surface area contributed by atoms with Crippen molar-refractivity contribution in [3.8, 4) is 5.75 Å². The molecule has 0 unspecified atom stereocenters. The first kappa shape index (κ1) is 19.1. The fourth-order valence-electron chi connectivity index (χ4n) is 5.48. The van der Waals surface area contributed by atoms with Gasteiger partial charge in [0.05, 0.1) is 18.9 Å². The van der Waals surface area contributed by atoms with Crippen molar-refractivity contribution >= 4 is 23.4 Å². The zero-order valence-corrected chi connectivity index (χ0v) is 16.0. The Bertz CT molecular complexity index is 922. The van der Waals surface area contributed by atoms with Crippen molar-refractivity contribution in [2.75, 3.05) is 18.7 Å². The molecule has 4 aliphatic carbocycles. The van der Waals surface area contributed by atoms with Crippen LogP contribution in [-0.4, -0.2) is 42.6 Å². The van der Waals surface area contributed by atoms with Gasteiger partial charge >= 0.3 is 12.1 Å². The molecular weight excluding hydrogens is 401 g/mol. The summed E-state index contributed by atoms with van der Waals surface area (Å²) in [6.07, 6.45) is -0.200. The van der Waals surface area contributed by atoms with Crippen molar-refractivity contribution in [1.29, 1.82) is 0 Å². The molecule has 0 spiro atoms. The van der Waals surface area contributed by atoms with Crippen LogP contribution in [0.25, 0.3) is 0 Å². The van der Waals surface area contributed by atoms with E-state index in [9.17, 15) is 27.6 Å². The average molecular weight is 420 g/mol. The maximum Gasteiger partial charge on any atom is 0.471 e. The van der Waals surface area contributed by atoms with Gasteiger partial charge in [0.1, 0.15) is 12.4 Å². The lowest BCUT2D eigenvalue weighted by molar-refractivity contribution is -0.171. The van der Waals surface area contributed by atoms with Crippen LogP contribution in [0.4, 0.5) is 18.9 Å². The molecule has 6 rings (SSSR count). The highest BCUT2D eigenvalue weighted by Crippen LogP contribution is 2.65. The van der Waals surface area contributed by atoms with Gasteiger partial charge in [0, 0.05) is 5.69 Å². The molecule has 30 heavy (non-hydrogen) atoms. The van der Waals surface area contributed by atoms with Crippen molar-refractivity contribution in [2.45, 2.75) is 12.6 Å². The molecule has 0 aromatic heterocycles. The summed E-state index contributed by atoms with van der Waals surface area (Å²) >= 11 is 0. The number of carbonyl (C=O) groups excluding carboxylic acids is 3. The van der Waals surface area contributed by atoms with Crippen molar-refractivity contribution in [3.05, 3.63) is 36.4 Å². The molecule has 1 saturated heterocycles. The van der Waals surface area contributed by atoms with E-state index in [4.69, 9.17) is 4.74 Å². The van der Waals surface area contributed by atoms with Crippen LogP contribution in [-0.2, 0) is 14.4 Å². The van der Waals surface area contributed by atoms with Crippen LogP contribution in [0, 0.1) is 35.5 Å².